The first kappa shape index (κ1) is 33.3. The summed E-state index contributed by atoms with van der Waals surface area (Å²) < 4.78 is 12.6. The lowest BCUT2D eigenvalue weighted by molar-refractivity contribution is -0.134. The number of unbranched alkanes of at least 4 members (excludes halogenated alkanes) is 11. The highest BCUT2D eigenvalue weighted by atomic mass is 32.2. The van der Waals surface area contributed by atoms with E-state index in [1.807, 2.05) is 36.6 Å². The molecule has 0 aliphatic rings. The molecule has 2 heterocycles. The summed E-state index contributed by atoms with van der Waals surface area (Å²) in [6.07, 6.45) is 22.3. The van der Waals surface area contributed by atoms with E-state index in [-0.39, 0.29) is 29.7 Å². The van der Waals surface area contributed by atoms with Gasteiger partial charge in [0.05, 0.1) is 12.3 Å². The summed E-state index contributed by atoms with van der Waals surface area (Å²) in [4.78, 5) is 34.5. The van der Waals surface area contributed by atoms with Crippen LogP contribution in [0.25, 0.3) is 16.7 Å². The predicted molar refractivity (Wildman–Crippen MR) is 169 cm³/mol. The van der Waals surface area contributed by atoms with Gasteiger partial charge in [0.1, 0.15) is 5.52 Å². The number of nitrogens with zero attached hydrogens (tertiary/aromatic N) is 4. The molecule has 0 aliphatic heterocycles. The van der Waals surface area contributed by atoms with Crippen molar-refractivity contribution in [3.63, 3.8) is 0 Å². The van der Waals surface area contributed by atoms with Crippen molar-refractivity contribution in [3.8, 4) is 11.6 Å². The third kappa shape index (κ3) is 10.6. The molecule has 0 saturated carbocycles. The van der Waals surface area contributed by atoms with Crippen LogP contribution in [0.3, 0.4) is 0 Å². The number of benzene rings is 1. The molecule has 0 atom stereocenters. The highest BCUT2D eigenvalue weighted by molar-refractivity contribution is 7.98. The molecule has 0 saturated heterocycles. The van der Waals surface area contributed by atoms with Crippen molar-refractivity contribution in [3.05, 3.63) is 48.2 Å². The van der Waals surface area contributed by atoms with Gasteiger partial charge >= 0.3 is 11.9 Å². The molecule has 0 unspecified atom stereocenters. The summed E-state index contributed by atoms with van der Waals surface area (Å²) in [7, 11) is 0. The first-order valence-electron chi connectivity index (χ1n) is 15.5. The van der Waals surface area contributed by atoms with Crippen molar-refractivity contribution in [2.75, 3.05) is 12.9 Å². The largest absolute Gasteiger partial charge is 0.461 e. The van der Waals surface area contributed by atoms with Crippen LogP contribution < -0.4 is 4.74 Å². The van der Waals surface area contributed by atoms with Gasteiger partial charge < -0.3 is 9.47 Å². The number of allylic oxidation sites excluding steroid dienone is 2. The normalized spacial score (nSPS) is 11.4. The molecule has 8 nitrogen and oxygen atoms in total. The monoisotopic (exact) mass is 594 g/mol. The fourth-order valence-electron chi connectivity index (χ4n) is 4.69. The van der Waals surface area contributed by atoms with Crippen molar-refractivity contribution < 1.29 is 19.1 Å². The van der Waals surface area contributed by atoms with Crippen LogP contribution in [0.5, 0.6) is 5.88 Å². The van der Waals surface area contributed by atoms with Crippen molar-refractivity contribution >= 4 is 34.7 Å². The van der Waals surface area contributed by atoms with Gasteiger partial charge in [-0.3, -0.25) is 4.79 Å². The van der Waals surface area contributed by atoms with Gasteiger partial charge in [-0.1, -0.05) is 100 Å². The summed E-state index contributed by atoms with van der Waals surface area (Å²) in [6, 6.07) is 9.31. The molecule has 0 aliphatic carbocycles. The van der Waals surface area contributed by atoms with Crippen LogP contribution in [-0.4, -0.2) is 44.5 Å². The molecule has 42 heavy (non-hydrogen) atoms. The zero-order valence-electron chi connectivity index (χ0n) is 25.5. The Hall–Kier alpha value is -3.20. The first-order valence-corrected chi connectivity index (χ1v) is 16.7. The lowest BCUT2D eigenvalue weighted by Crippen LogP contribution is -2.11. The number of thioether (sulfide) groups is 1. The second kappa shape index (κ2) is 19.1. The number of aromatic nitrogens is 4. The van der Waals surface area contributed by atoms with Gasteiger partial charge in [-0.15, -0.1) is 0 Å². The molecule has 0 spiro atoms. The summed E-state index contributed by atoms with van der Waals surface area (Å²) in [6.45, 7) is 4.19. The Balaban J connectivity index is 1.52. The maximum absolute atomic E-state index is 12.9. The van der Waals surface area contributed by atoms with Crippen LogP contribution in [0.1, 0.15) is 114 Å². The quantitative estimate of drug-likeness (QED) is 0.0421. The summed E-state index contributed by atoms with van der Waals surface area (Å²) in [5, 5.41) is 4.96. The second-order valence-corrected chi connectivity index (χ2v) is 11.1. The van der Waals surface area contributed by atoms with Crippen LogP contribution in [-0.2, 0) is 9.53 Å². The van der Waals surface area contributed by atoms with E-state index in [4.69, 9.17) is 9.47 Å². The van der Waals surface area contributed by atoms with E-state index in [1.165, 1.54) is 67.8 Å². The Kier molecular flexibility index (Phi) is 15.1. The number of carbonyl (C=O) groups is 2. The molecule has 2 aromatic heterocycles. The Morgan fingerprint density at radius 3 is 2.12 bits per heavy atom. The topological polar surface area (TPSA) is 96.2 Å². The smallest absolute Gasteiger partial charge is 0.359 e. The maximum Gasteiger partial charge on any atom is 0.359 e. The summed E-state index contributed by atoms with van der Waals surface area (Å²) >= 11 is 1.29. The zero-order valence-corrected chi connectivity index (χ0v) is 26.3. The highest BCUT2D eigenvalue weighted by Gasteiger charge is 2.26. The van der Waals surface area contributed by atoms with Gasteiger partial charge in [-0.2, -0.15) is 9.78 Å². The molecule has 0 amide bonds. The van der Waals surface area contributed by atoms with Crippen LogP contribution >= 0.6 is 11.8 Å². The van der Waals surface area contributed by atoms with Crippen molar-refractivity contribution in [2.45, 2.75) is 109 Å². The van der Waals surface area contributed by atoms with Crippen molar-refractivity contribution in [1.29, 1.82) is 0 Å². The lowest BCUT2D eigenvalue weighted by atomic mass is 10.1. The van der Waals surface area contributed by atoms with Gasteiger partial charge in [-0.25, -0.2) is 14.8 Å². The highest BCUT2D eigenvalue weighted by Crippen LogP contribution is 2.31. The average molecular weight is 595 g/mol. The third-order valence-electron chi connectivity index (χ3n) is 6.96. The molecule has 0 bridgehead atoms. The van der Waals surface area contributed by atoms with Crippen molar-refractivity contribution in [2.24, 2.45) is 0 Å². The maximum atomic E-state index is 12.9. The second-order valence-electron chi connectivity index (χ2n) is 10.3. The van der Waals surface area contributed by atoms with Gasteiger partial charge in [0.2, 0.25) is 0 Å². The number of fused-ring (bicyclic) bond motifs is 1. The number of hydrogen-bond donors (Lipinski definition) is 0. The van der Waals surface area contributed by atoms with Gasteiger partial charge in [-0.05, 0) is 57.4 Å². The lowest BCUT2D eigenvalue weighted by Gasteiger charge is -2.08. The average Bonchev–Trinajstić information content (AvgIpc) is 3.36. The minimum atomic E-state index is -0.593. The Bertz CT molecular complexity index is 1280. The number of rotatable bonds is 20. The molecular weight excluding hydrogens is 548 g/mol. The van der Waals surface area contributed by atoms with E-state index < -0.39 is 5.97 Å². The number of para-hydroxylation sites is 1. The number of esters is 2. The van der Waals surface area contributed by atoms with E-state index in [2.05, 4.69) is 34.1 Å². The fourth-order valence-corrected chi connectivity index (χ4v) is 5.06. The summed E-state index contributed by atoms with van der Waals surface area (Å²) in [5.74, 6) is -0.769. The van der Waals surface area contributed by atoms with E-state index >= 15 is 0 Å². The Labute approximate surface area is 254 Å². The van der Waals surface area contributed by atoms with E-state index in [1.54, 1.807) is 6.92 Å². The molecular formula is C33H46N4O4S. The number of hydrogen-bond acceptors (Lipinski definition) is 8. The first-order chi connectivity index (χ1) is 20.6. The standard InChI is InChI=1S/C33H46N4O4S/c1-4-6-7-8-9-10-11-12-13-14-15-16-17-18-22-25-27(38)41-31-29-28(36-37(31)26-23-20-19-21-24-26)30(32(39)40-5-2)35-33(34-29)42-3/h12-13,19-21,23-24H,4-11,14-18,22,25H2,1-3H3. The van der Waals surface area contributed by atoms with E-state index in [9.17, 15) is 9.59 Å². The number of carbonyl (C=O) groups excluding carboxylic acids is 2. The minimum Gasteiger partial charge on any atom is -0.461 e. The summed E-state index contributed by atoms with van der Waals surface area (Å²) in [5.41, 5.74) is 1.27. The molecule has 1 aromatic carbocycles. The predicted octanol–water partition coefficient (Wildman–Crippen LogP) is 8.66. The third-order valence-corrected chi connectivity index (χ3v) is 7.51. The number of ether oxygens (including phenoxy) is 2. The van der Waals surface area contributed by atoms with Crippen LogP contribution in [0.4, 0.5) is 0 Å². The van der Waals surface area contributed by atoms with E-state index in [0.717, 1.165) is 32.1 Å². The van der Waals surface area contributed by atoms with Gasteiger partial charge in [0, 0.05) is 6.42 Å². The fraction of sp³-hybridized carbons (Fsp3) is 0.545. The van der Waals surface area contributed by atoms with Crippen LogP contribution in [0.2, 0.25) is 0 Å². The molecule has 3 rings (SSSR count). The Morgan fingerprint density at radius 1 is 0.833 bits per heavy atom. The zero-order chi connectivity index (χ0) is 30.0. The van der Waals surface area contributed by atoms with Crippen LogP contribution in [0, 0.1) is 0 Å². The molecule has 228 valence electrons. The van der Waals surface area contributed by atoms with Gasteiger partial charge in [0.15, 0.2) is 16.4 Å². The molecule has 9 heteroatoms. The van der Waals surface area contributed by atoms with Crippen molar-refractivity contribution in [1.82, 2.24) is 19.7 Å². The van der Waals surface area contributed by atoms with Gasteiger partial charge in [0.25, 0.3) is 5.88 Å². The van der Waals surface area contributed by atoms with Crippen LogP contribution in [0.15, 0.2) is 47.6 Å². The minimum absolute atomic E-state index is 0.0513. The molecule has 0 fully saturated rings. The molecule has 0 N–H and O–H groups in total. The Morgan fingerprint density at radius 2 is 1.48 bits per heavy atom. The molecule has 0 radical (unpaired) electrons. The molecule has 3 aromatic rings. The van der Waals surface area contributed by atoms with E-state index in [0.29, 0.717) is 22.8 Å². The SMILES string of the molecule is CCCCCCCCC=CCCCCCCCC(=O)Oc1c2nc(SC)nc(C(=O)OCC)c2nn1-c1ccccc1.